The topological polar surface area (TPSA) is 25.4 Å². The molecule has 22 rings (SSSR count). The van der Waals surface area contributed by atoms with Gasteiger partial charge in [0.15, 0.2) is 0 Å². The van der Waals surface area contributed by atoms with Gasteiger partial charge in [-0.05, 0) is 147 Å². The number of hydrogen-bond donors (Lipinski definition) is 0. The van der Waals surface area contributed by atoms with E-state index in [1.54, 1.807) is 0 Å². The maximum absolute atomic E-state index is 8.16. The number of anilines is 15. The van der Waals surface area contributed by atoms with Gasteiger partial charge in [-0.2, -0.15) is 0 Å². The van der Waals surface area contributed by atoms with Gasteiger partial charge in [-0.1, -0.05) is 255 Å². The van der Waals surface area contributed by atoms with Gasteiger partial charge < -0.3 is 29.2 Å². The van der Waals surface area contributed by atoms with Gasteiger partial charge in [0.2, 0.25) is 0 Å². The van der Waals surface area contributed by atoms with Gasteiger partial charge >= 0.3 is 0 Å². The lowest BCUT2D eigenvalue weighted by molar-refractivity contribution is 0.488. The van der Waals surface area contributed by atoms with Crippen LogP contribution in [0.25, 0.3) is 62.6 Å². The average molecular weight is 1390 g/mol. The quantitative estimate of drug-likeness (QED) is 0.120. The lowest BCUT2D eigenvalue weighted by atomic mass is 9.30. The highest BCUT2D eigenvalue weighted by Gasteiger charge is 2.49. The van der Waals surface area contributed by atoms with Gasteiger partial charge in [0, 0.05) is 111 Å². The van der Waals surface area contributed by atoms with Crippen LogP contribution in [0.4, 0.5) is 85.3 Å². The summed E-state index contributed by atoms with van der Waals surface area (Å²) in [6.07, 6.45) is 0. The fraction of sp³-hybridized carbons (Fsp3) is 0. The smallest absolute Gasteiger partial charge is 0.256 e. The van der Waals surface area contributed by atoms with Crippen molar-refractivity contribution < 1.29 is 4.74 Å². The number of fused-ring (bicyclic) bond motifs is 14. The molecule has 0 unspecified atom stereocenters. The first kappa shape index (κ1) is 60.5. The molecule has 6 nitrogen and oxygen atoms in total. The zero-order valence-electron chi connectivity index (χ0n) is 57.3. The first-order valence-electron chi connectivity index (χ1n) is 36.3. The molecular weight excluding hydrogens is 1320 g/mol. The second kappa shape index (κ2) is 24.3. The number of thiophene rings is 2. The standard InChI is InChI=1S/C96H61B2N5OS2/c1-7-30-62(31-8-1)70-44-27-45-71(63-32-9-2-10-33-63)94(70)103-81-51-24-22-49-77(81)98-79-60-78-84(61-88(79)104-89-59-69(58-87(103)93(89)98)100(66-38-15-5-16-39-66)82-52-28-46-74-72-42-19-25-54-90(72)105-95(74)82)102(83-53-29-47-75-73-43-20-26-55-91(73)106-96(75)83)86-57-68(99(64-34-11-3-12-35-64)65-36-13-4-14-37-65)56-85-92(86)97(78)76-48-21-23-50-80(76)101(85)67-40-17-6-18-41-67/h1-61H. The molecule has 0 spiro atoms. The summed E-state index contributed by atoms with van der Waals surface area (Å²) in [4.78, 5) is 12.6. The Morgan fingerprint density at radius 1 is 0.264 bits per heavy atom. The summed E-state index contributed by atoms with van der Waals surface area (Å²) in [5.74, 6) is 1.61. The van der Waals surface area contributed by atoms with E-state index < -0.39 is 0 Å². The SMILES string of the molecule is c1ccc(-c2cccc(-c3ccccc3)c2N2c3ccccc3B3c4cc5c(cc4Oc4cc(N(c6ccccc6)c6cccc7c6sc6ccccc67)cc2c43)N(c2cccc3c2sc2ccccc23)c2cc(N(c3ccccc3)c3ccccc3)cc3c2B5c2ccccc2N3c2ccccc2)cc1. The van der Waals surface area contributed by atoms with Gasteiger partial charge in [-0.25, -0.2) is 0 Å². The normalized spacial score (nSPS) is 12.9. The fourth-order valence-electron chi connectivity index (χ4n) is 17.6. The van der Waals surface area contributed by atoms with Crippen molar-refractivity contribution in [2.24, 2.45) is 0 Å². The van der Waals surface area contributed by atoms with Crippen molar-refractivity contribution >= 4 is 195 Å². The van der Waals surface area contributed by atoms with E-state index in [-0.39, 0.29) is 13.4 Å². The molecule has 6 heterocycles. The first-order valence-corrected chi connectivity index (χ1v) is 37.9. The third kappa shape index (κ3) is 9.31. The summed E-state index contributed by atoms with van der Waals surface area (Å²) in [7, 11) is 0. The number of benzene rings is 16. The van der Waals surface area contributed by atoms with E-state index in [9.17, 15) is 0 Å². The van der Waals surface area contributed by atoms with E-state index in [2.05, 4.69) is 395 Å². The van der Waals surface area contributed by atoms with Crippen molar-refractivity contribution in [2.45, 2.75) is 0 Å². The Labute approximate surface area is 623 Å². The molecule has 494 valence electrons. The molecule has 4 aliphatic heterocycles. The molecule has 0 bridgehead atoms. The van der Waals surface area contributed by atoms with Crippen LogP contribution in [0.3, 0.4) is 0 Å². The van der Waals surface area contributed by atoms with Crippen molar-refractivity contribution in [3.63, 3.8) is 0 Å². The average Bonchev–Trinajstić information content (AvgIpc) is 0.826. The lowest BCUT2D eigenvalue weighted by Crippen LogP contribution is -2.64. The summed E-state index contributed by atoms with van der Waals surface area (Å²) in [5.41, 5.74) is 27.7. The minimum atomic E-state index is -0.284. The summed E-state index contributed by atoms with van der Waals surface area (Å²) in [6.45, 7) is -0.510. The van der Waals surface area contributed by atoms with E-state index in [1.165, 1.54) is 62.2 Å². The Bertz CT molecular complexity index is 6460. The monoisotopic (exact) mass is 1390 g/mol. The Hall–Kier alpha value is -13.1. The molecule has 0 saturated heterocycles. The van der Waals surface area contributed by atoms with Crippen molar-refractivity contribution in [1.29, 1.82) is 0 Å². The first-order chi connectivity index (χ1) is 52.6. The van der Waals surface area contributed by atoms with Crippen LogP contribution in [-0.4, -0.2) is 13.4 Å². The zero-order chi connectivity index (χ0) is 69.5. The lowest BCUT2D eigenvalue weighted by Gasteiger charge is -2.46. The number of ether oxygens (including phenoxy) is 1. The molecule has 106 heavy (non-hydrogen) atoms. The summed E-state index contributed by atoms with van der Waals surface area (Å²) >= 11 is 3.72. The van der Waals surface area contributed by atoms with Crippen LogP contribution >= 0.6 is 22.7 Å². The Balaban J connectivity index is 0.854. The fourth-order valence-corrected chi connectivity index (χ4v) is 20.0. The number of nitrogens with zero attached hydrogens (tertiary/aromatic N) is 5. The second-order valence-electron chi connectivity index (χ2n) is 27.8. The van der Waals surface area contributed by atoms with E-state index in [0.29, 0.717) is 0 Å². The van der Waals surface area contributed by atoms with Crippen LogP contribution in [0.15, 0.2) is 370 Å². The molecule has 0 aliphatic carbocycles. The Kier molecular flexibility index (Phi) is 13.8. The third-order valence-electron chi connectivity index (χ3n) is 22.0. The van der Waals surface area contributed by atoms with Crippen molar-refractivity contribution in [3.05, 3.63) is 370 Å². The van der Waals surface area contributed by atoms with Crippen LogP contribution in [0.2, 0.25) is 0 Å². The summed E-state index contributed by atoms with van der Waals surface area (Å²) < 4.78 is 13.1. The molecule has 0 saturated carbocycles. The van der Waals surface area contributed by atoms with Crippen LogP contribution in [0, 0.1) is 0 Å². The maximum atomic E-state index is 8.16. The van der Waals surface area contributed by atoms with Crippen LogP contribution < -0.4 is 62.0 Å². The van der Waals surface area contributed by atoms with Gasteiger partial charge in [0.05, 0.1) is 37.8 Å². The number of rotatable bonds is 11. The third-order valence-corrected chi connectivity index (χ3v) is 24.4. The van der Waals surface area contributed by atoms with Crippen LogP contribution in [-0.2, 0) is 0 Å². The Morgan fingerprint density at radius 3 is 1.32 bits per heavy atom. The van der Waals surface area contributed by atoms with E-state index >= 15 is 0 Å². The number of hydrogen-bond acceptors (Lipinski definition) is 8. The molecule has 0 fully saturated rings. The van der Waals surface area contributed by atoms with E-state index in [0.717, 1.165) is 130 Å². The second-order valence-corrected chi connectivity index (χ2v) is 29.9. The highest BCUT2D eigenvalue weighted by atomic mass is 32.1. The molecule has 2 aromatic heterocycles. The molecule has 18 aromatic rings. The van der Waals surface area contributed by atoms with Gasteiger partial charge in [0.25, 0.3) is 13.4 Å². The van der Waals surface area contributed by atoms with Crippen molar-refractivity contribution in [1.82, 2.24) is 0 Å². The molecule has 0 amide bonds. The largest absolute Gasteiger partial charge is 0.458 e. The molecular formula is C96H61B2N5OS2. The van der Waals surface area contributed by atoms with Gasteiger partial charge in [0.1, 0.15) is 11.5 Å². The molecule has 0 atom stereocenters. The predicted molar refractivity (Wildman–Crippen MR) is 452 cm³/mol. The van der Waals surface area contributed by atoms with Crippen LogP contribution in [0.1, 0.15) is 0 Å². The van der Waals surface area contributed by atoms with Crippen LogP contribution in [0.5, 0.6) is 11.5 Å². The molecule has 16 aromatic carbocycles. The minimum absolute atomic E-state index is 0.226. The minimum Gasteiger partial charge on any atom is -0.458 e. The Morgan fingerprint density at radius 2 is 0.708 bits per heavy atom. The van der Waals surface area contributed by atoms with Crippen molar-refractivity contribution in [2.75, 3.05) is 24.5 Å². The van der Waals surface area contributed by atoms with Gasteiger partial charge in [-0.3, -0.25) is 0 Å². The highest BCUT2D eigenvalue weighted by molar-refractivity contribution is 7.27. The summed E-state index contributed by atoms with van der Waals surface area (Å²) in [5, 5.41) is 4.95. The molecule has 10 heteroatoms. The van der Waals surface area contributed by atoms with Crippen molar-refractivity contribution in [3.8, 4) is 33.8 Å². The molecule has 0 N–H and O–H groups in total. The van der Waals surface area contributed by atoms with E-state index in [4.69, 9.17) is 4.74 Å². The zero-order valence-corrected chi connectivity index (χ0v) is 59.0. The van der Waals surface area contributed by atoms with E-state index in [1.807, 2.05) is 22.7 Å². The highest BCUT2D eigenvalue weighted by Crippen LogP contribution is 2.56. The predicted octanol–water partition coefficient (Wildman–Crippen LogP) is 23.2. The van der Waals surface area contributed by atoms with Gasteiger partial charge in [-0.15, -0.1) is 22.7 Å². The number of para-hydroxylation sites is 7. The molecule has 4 aliphatic rings. The molecule has 0 radical (unpaired) electrons. The maximum Gasteiger partial charge on any atom is 0.256 e. The summed E-state index contributed by atoms with van der Waals surface area (Å²) in [6, 6.07) is 137.